The Morgan fingerprint density at radius 2 is 0.651 bits per heavy atom. The number of carbonyl (C=O) groups is 3. The largest absolute Gasteiger partial charge is 0.417 e. The summed E-state index contributed by atoms with van der Waals surface area (Å²) in [5, 5.41) is 66.8. The first kappa shape index (κ1) is 131. The average Bonchev–Trinajstić information content (AvgIpc) is 1.62. The van der Waals surface area contributed by atoms with E-state index in [4.69, 9.17) is 26.8 Å². The van der Waals surface area contributed by atoms with Gasteiger partial charge in [0, 0.05) is 93.9 Å². The minimum absolute atomic E-state index is 0.0364. The van der Waals surface area contributed by atoms with Gasteiger partial charge in [-0.2, -0.15) is 48.5 Å². The zero-order chi connectivity index (χ0) is 112. The molecule has 15 atom stereocenters. The lowest BCUT2D eigenvalue weighted by atomic mass is 9.72. The van der Waals surface area contributed by atoms with E-state index < -0.39 is 38.6 Å². The number of halogens is 4. The predicted molar refractivity (Wildman–Crippen MR) is 619 cm³/mol. The maximum atomic E-state index is 12.7. The van der Waals surface area contributed by atoms with Crippen LogP contribution in [0.2, 0.25) is 5.02 Å². The van der Waals surface area contributed by atoms with Crippen molar-refractivity contribution in [2.75, 3.05) is 12.0 Å². The number of rotatable bonds is 16. The van der Waals surface area contributed by atoms with Crippen LogP contribution in [0.4, 0.5) is 19.0 Å². The minimum atomic E-state index is -4.48. The quantitative estimate of drug-likeness (QED) is 0.0444. The molecule has 16 nitrogen and oxygen atoms in total. The number of hydrogen-bond donors (Lipinski definition) is 7. The third kappa shape index (κ3) is 38.6. The van der Waals surface area contributed by atoms with Gasteiger partial charge in [0.05, 0.1) is 73.5 Å². The van der Waals surface area contributed by atoms with Crippen LogP contribution >= 0.6 is 46.9 Å². The SMILES string of the molecule is CC(=O)c1c(C(C)C)cccc1C(F)(F)F.CC(=O)c1c(Cl)cccc1C(C)C.CC(=O)c1ncccc1C(C)C.CC(C)C1(O)CCC2(CC2)CC1.CC(C)C1(O)C[C@H]2CC[C@@H](C1)O2.CC(C)C1(O)C[C@H]2CC[C@@H](C1)O2.CC(C)C1(O)C[C@H]2CC[C@@H](C1)S2.CC(C)C1(O)C[C@H]2CC[C@@H](C1)S2.CC(C)C1(O)C[C@H]2CC[C@@H](C1)S2.CC(C)c1ccccc1C(C)(C)C.CC(C)c1ccccc1S(C)(=O)=O.CC(C)c1cccnc1N. The van der Waals surface area contributed by atoms with E-state index in [0.717, 1.165) is 169 Å². The van der Waals surface area contributed by atoms with Crippen LogP contribution in [0, 0.1) is 40.9 Å². The Morgan fingerprint density at radius 1 is 0.362 bits per heavy atom. The summed E-state index contributed by atoms with van der Waals surface area (Å²) < 4.78 is 72.2. The van der Waals surface area contributed by atoms with Crippen LogP contribution in [0.1, 0.15) is 486 Å². The average molecular weight is 2170 g/mol. The monoisotopic (exact) mass is 2170 g/mol. The number of sulfone groups is 1. The number of carbonyl (C=O) groups excluding carboxylic acids is 3. The molecule has 12 heterocycles. The summed E-state index contributed by atoms with van der Waals surface area (Å²) in [6.07, 6.45) is 31.2. The van der Waals surface area contributed by atoms with E-state index in [1.165, 1.54) is 87.7 Å². The second-order valence-electron chi connectivity index (χ2n) is 50.0. The number of alkyl halides is 3. The molecule has 5 unspecified atom stereocenters. The summed E-state index contributed by atoms with van der Waals surface area (Å²) in [5.74, 6) is 4.56. The van der Waals surface area contributed by atoms with Crippen LogP contribution in [-0.2, 0) is 30.9 Å². The number of Topliss-reactive ketones (excluding diaryl/α,β-unsaturated/α-hetero) is 3. The second-order valence-corrected chi connectivity index (χ2v) is 57.2. The molecule has 2 aliphatic carbocycles. The Labute approximate surface area is 916 Å². The molecule has 18 rings (SSSR count). The molecular weight excluding hydrogens is 1970 g/mol. The summed E-state index contributed by atoms with van der Waals surface area (Å²) in [7, 11) is -3.08. The number of aromatic nitrogens is 2. The van der Waals surface area contributed by atoms with Gasteiger partial charge in [0.2, 0.25) is 0 Å². The Balaban J connectivity index is 0.000000220. The van der Waals surface area contributed by atoms with Crippen molar-refractivity contribution in [1.29, 1.82) is 0 Å². The number of aliphatic hydroxyl groups is 6. The van der Waals surface area contributed by atoms with E-state index >= 15 is 0 Å². The summed E-state index contributed by atoms with van der Waals surface area (Å²) in [5.41, 5.74) is 12.1. The van der Waals surface area contributed by atoms with E-state index in [1.54, 1.807) is 64.4 Å². The summed E-state index contributed by atoms with van der Waals surface area (Å²) in [6.45, 7) is 61.1. The molecule has 24 heteroatoms. The van der Waals surface area contributed by atoms with Crippen molar-refractivity contribution < 1.29 is 76.1 Å². The number of fused-ring (bicyclic) bond motifs is 10. The molecule has 4 aromatic carbocycles. The van der Waals surface area contributed by atoms with Crippen molar-refractivity contribution >= 4 is 79.9 Å². The maximum absolute atomic E-state index is 12.7. The zero-order valence-electron chi connectivity index (χ0n) is 96.8. The van der Waals surface area contributed by atoms with Crippen molar-refractivity contribution in [2.45, 2.75) is 516 Å². The lowest BCUT2D eigenvalue weighted by Gasteiger charge is -2.39. The highest BCUT2D eigenvalue weighted by Crippen LogP contribution is 2.59. The molecule has 1 spiro atoms. The molecule has 10 aliphatic heterocycles. The first-order valence-electron chi connectivity index (χ1n) is 56.2. The van der Waals surface area contributed by atoms with E-state index in [0.29, 0.717) is 122 Å². The van der Waals surface area contributed by atoms with Crippen LogP contribution in [-0.4, -0.2) is 162 Å². The van der Waals surface area contributed by atoms with Gasteiger partial charge in [0.1, 0.15) is 11.5 Å². The maximum Gasteiger partial charge on any atom is 0.417 e. The highest BCUT2D eigenvalue weighted by molar-refractivity contribution is 8.01. The van der Waals surface area contributed by atoms with Gasteiger partial charge < -0.3 is 45.8 Å². The van der Waals surface area contributed by atoms with Crippen molar-refractivity contribution in [2.24, 2.45) is 40.9 Å². The molecule has 10 bridgehead atoms. The number of nitrogens with two attached hydrogens (primary N) is 1. The van der Waals surface area contributed by atoms with E-state index in [-0.39, 0.29) is 56.8 Å². The van der Waals surface area contributed by atoms with Gasteiger partial charge in [-0.1, -0.05) is 277 Å². The van der Waals surface area contributed by atoms with Crippen LogP contribution in [0.5, 0.6) is 0 Å². The fourth-order valence-corrected chi connectivity index (χ4v) is 29.7. The molecular formula is C125H195ClF3N3O13S4. The summed E-state index contributed by atoms with van der Waals surface area (Å²) >= 11 is 12.3. The van der Waals surface area contributed by atoms with Gasteiger partial charge in [-0.05, 0) is 306 Å². The van der Waals surface area contributed by atoms with Crippen LogP contribution < -0.4 is 5.73 Å². The summed E-state index contributed by atoms with van der Waals surface area (Å²) in [4.78, 5) is 42.2. The molecule has 6 aromatic rings. The normalized spacial score (nSPS) is 27.3. The predicted octanol–water partition coefficient (Wildman–Crippen LogP) is 31.7. The number of nitrogens with zero attached hydrogens (tertiary/aromatic N) is 2. The van der Waals surface area contributed by atoms with Gasteiger partial charge >= 0.3 is 6.18 Å². The number of pyridine rings is 2. The van der Waals surface area contributed by atoms with Crippen LogP contribution in [0.3, 0.4) is 0 Å². The number of anilines is 1. The number of thioether (sulfide) groups is 3. The van der Waals surface area contributed by atoms with Gasteiger partial charge in [-0.15, -0.1) is 0 Å². The van der Waals surface area contributed by atoms with Crippen LogP contribution in [0.15, 0.2) is 126 Å². The molecule has 0 amide bonds. The third-order valence-corrected chi connectivity index (χ3v) is 39.6. The molecule has 840 valence electrons. The fraction of sp³-hybridized carbons (Fsp3) is 0.704. The Hall–Kier alpha value is -5.25. The number of nitrogen functional groups attached to an aromatic ring is 1. The Morgan fingerprint density at radius 3 is 0.926 bits per heavy atom. The number of benzene rings is 4. The van der Waals surface area contributed by atoms with Gasteiger partial charge in [0.15, 0.2) is 27.2 Å². The smallest absolute Gasteiger partial charge is 0.390 e. The van der Waals surface area contributed by atoms with Crippen molar-refractivity contribution in [3.05, 3.63) is 188 Å². The minimum Gasteiger partial charge on any atom is -0.390 e. The molecule has 10 saturated heterocycles. The van der Waals surface area contributed by atoms with E-state index in [2.05, 4.69) is 229 Å². The highest BCUT2D eigenvalue weighted by Gasteiger charge is 2.52. The molecule has 12 fully saturated rings. The second kappa shape index (κ2) is 56.8. The zero-order valence-corrected chi connectivity index (χ0v) is 101. The van der Waals surface area contributed by atoms with Gasteiger partial charge in [-0.3, -0.25) is 19.4 Å². The topological polar surface area (TPSA) is 277 Å². The van der Waals surface area contributed by atoms with Crippen molar-refractivity contribution in [3.8, 4) is 0 Å². The van der Waals surface area contributed by atoms with Crippen molar-refractivity contribution in [1.82, 2.24) is 9.97 Å². The fourth-order valence-electron chi connectivity index (χ4n) is 22.7. The van der Waals surface area contributed by atoms with Crippen LogP contribution in [0.25, 0.3) is 0 Å². The first-order valence-corrected chi connectivity index (χ1v) is 61.3. The molecule has 0 radical (unpaired) electrons. The Kier molecular flexibility index (Phi) is 49.8. The molecule has 8 N–H and O–H groups in total. The lowest BCUT2D eigenvalue weighted by molar-refractivity contribution is -0.138. The van der Waals surface area contributed by atoms with E-state index in [1.807, 2.05) is 62.4 Å². The lowest BCUT2D eigenvalue weighted by Crippen LogP contribution is -2.44. The standard InChI is InChI=1S/C13H20.C12H13F3O.C11H13ClO.C11H20O.C10H13NO.C10H14O2S.2C10H18O2.3C10H18OS.C8H12N2/c1-10(2)11-8-6-7-9-12(11)13(3,4)5;1-7(2)9-5-4-6-10(12(13,14)15)11(9)8(3)16;1-7(2)9-5-4-6-10(12)11(9)8(3)13;1-9(2)11(12)7-5-10(3-4-10)6-8-11;1-7(2)9-5-4-6-11-10(9)8(3)12;1-8(2)9-6-4-5-7-10(9)13(3,11)12;5*1-7(2)10(11)5-8-3-4-9(6-10)12-8;1-6(2)7-4-3-5-10-8(7)9/h6-10H,1-5H3;4-7H,1-3H3;4-7H,1-3H3;9,12H,3-8H2,1-2H3;4-7H,1-3H3;4-8H,1-3H3;5*7-9,11H,3-6H2,1-2H3;3-6H,1-2H3,(H2,9,10)/t;;;;;;5*8-,9+,10?;. The van der Waals surface area contributed by atoms with E-state index in [9.17, 15) is 66.6 Å². The first-order chi connectivity index (χ1) is 69.0. The molecule has 2 aromatic heterocycles. The van der Waals surface area contributed by atoms with Gasteiger partial charge in [-0.25, -0.2) is 13.4 Å². The van der Waals surface area contributed by atoms with Gasteiger partial charge in [0.25, 0.3) is 0 Å². The third-order valence-electron chi connectivity index (χ3n) is 33.4. The number of hydrogen-bond acceptors (Lipinski definition) is 19. The summed E-state index contributed by atoms with van der Waals surface area (Å²) in [6, 6.07) is 33.1. The van der Waals surface area contributed by atoms with Crippen molar-refractivity contribution in [3.63, 3.8) is 0 Å². The molecule has 2 saturated carbocycles. The number of ketones is 3. The number of ether oxygens (including phenoxy) is 2. The highest BCUT2D eigenvalue weighted by atomic mass is 35.5. The molecule has 12 aliphatic rings. The molecule has 149 heavy (non-hydrogen) atoms. The Bertz CT molecular complexity index is 4970.